The smallest absolute Gasteiger partial charge is 0.238 e. The molecule has 3 heterocycles. The van der Waals surface area contributed by atoms with Gasteiger partial charge in [0, 0.05) is 27.3 Å². The quantitative estimate of drug-likeness (QED) is 0.193. The fraction of sp³-hybridized carbons (Fsp3) is 0.0698. The van der Waals surface area contributed by atoms with E-state index in [-0.39, 0.29) is 5.41 Å². The van der Waals surface area contributed by atoms with Crippen molar-refractivity contribution in [3.63, 3.8) is 0 Å². The van der Waals surface area contributed by atoms with Gasteiger partial charge in [0.15, 0.2) is 23.6 Å². The van der Waals surface area contributed by atoms with Gasteiger partial charge >= 0.3 is 0 Å². The maximum Gasteiger partial charge on any atom is 0.238 e. The average Bonchev–Trinajstić information content (AvgIpc) is 3.82. The van der Waals surface area contributed by atoms with E-state index in [2.05, 4.69) is 96.2 Å². The summed E-state index contributed by atoms with van der Waals surface area (Å²) >= 11 is 0. The Balaban J connectivity index is 1.15. The molecule has 1 aliphatic rings. The number of hydrogen-bond acceptors (Lipinski definition) is 5. The molecule has 0 amide bonds. The second-order valence-corrected chi connectivity index (χ2v) is 13.2. The zero-order chi connectivity index (χ0) is 32.7. The topological polar surface area (TPSA) is 69.6 Å². The van der Waals surface area contributed by atoms with E-state index >= 15 is 0 Å². The molecule has 0 unspecified atom stereocenters. The predicted molar refractivity (Wildman–Crippen MR) is 196 cm³/mol. The summed E-state index contributed by atoms with van der Waals surface area (Å²) in [5.41, 5.74) is 12.9. The van der Waals surface area contributed by atoms with Crippen LogP contribution in [0.4, 0.5) is 0 Å². The van der Waals surface area contributed by atoms with Crippen LogP contribution in [0.1, 0.15) is 25.0 Å². The first-order valence-corrected chi connectivity index (χ1v) is 16.5. The molecule has 232 valence electrons. The molecule has 0 saturated heterocycles. The van der Waals surface area contributed by atoms with Crippen LogP contribution in [0, 0.1) is 0 Å². The Morgan fingerprint density at radius 3 is 1.92 bits per heavy atom. The lowest BCUT2D eigenvalue weighted by Gasteiger charge is -2.22. The molecule has 3 aromatic heterocycles. The number of hydrogen-bond donors (Lipinski definition) is 0. The lowest BCUT2D eigenvalue weighted by molar-refractivity contribution is 0.598. The largest absolute Gasteiger partial charge is 0.443 e. The van der Waals surface area contributed by atoms with E-state index in [0.717, 1.165) is 49.6 Å². The van der Waals surface area contributed by atoms with E-state index in [1.54, 1.807) is 0 Å². The van der Waals surface area contributed by atoms with Gasteiger partial charge in [-0.3, -0.25) is 4.57 Å². The molecule has 1 aliphatic carbocycles. The highest BCUT2D eigenvalue weighted by atomic mass is 16.3. The molecule has 0 spiro atoms. The summed E-state index contributed by atoms with van der Waals surface area (Å²) in [4.78, 5) is 19.5. The Bertz CT molecular complexity index is 2680. The van der Waals surface area contributed by atoms with Gasteiger partial charge in [0.1, 0.15) is 5.52 Å². The van der Waals surface area contributed by atoms with E-state index in [9.17, 15) is 0 Å². The number of rotatable bonds is 4. The van der Waals surface area contributed by atoms with Crippen molar-refractivity contribution in [1.82, 2.24) is 24.5 Å². The minimum Gasteiger partial charge on any atom is -0.443 e. The van der Waals surface area contributed by atoms with Crippen molar-refractivity contribution < 1.29 is 4.42 Å². The van der Waals surface area contributed by atoms with Gasteiger partial charge in [-0.05, 0) is 69.8 Å². The van der Waals surface area contributed by atoms with Crippen molar-refractivity contribution in [2.45, 2.75) is 19.3 Å². The van der Waals surface area contributed by atoms with Crippen LogP contribution in [0.5, 0.6) is 0 Å². The van der Waals surface area contributed by atoms with Gasteiger partial charge in [-0.1, -0.05) is 111 Å². The van der Waals surface area contributed by atoms with Crippen LogP contribution in [0.2, 0.25) is 0 Å². The molecular formula is C43H29N5O. The molecule has 0 atom stereocenters. The SMILES string of the molecule is CC1(C)c2cc(-c3ccc4c(c3)c3ccccc3n4-c3nc(-c4ccccc4)nc(-c4ccccc4)n3)ccc2-c2cc3ncoc3cc21. The normalized spacial score (nSPS) is 13.3. The van der Waals surface area contributed by atoms with Gasteiger partial charge in [0.05, 0.1) is 11.0 Å². The first-order valence-electron chi connectivity index (χ1n) is 16.5. The van der Waals surface area contributed by atoms with Crippen LogP contribution in [0.25, 0.3) is 83.9 Å². The third kappa shape index (κ3) is 4.20. The van der Waals surface area contributed by atoms with Crippen molar-refractivity contribution >= 4 is 32.9 Å². The number of para-hydroxylation sites is 1. The summed E-state index contributed by atoms with van der Waals surface area (Å²) in [6.07, 6.45) is 1.52. The molecular weight excluding hydrogens is 603 g/mol. The van der Waals surface area contributed by atoms with E-state index in [1.165, 1.54) is 34.2 Å². The van der Waals surface area contributed by atoms with Gasteiger partial charge in [-0.15, -0.1) is 0 Å². The second kappa shape index (κ2) is 10.3. The first-order chi connectivity index (χ1) is 24.0. The van der Waals surface area contributed by atoms with Gasteiger partial charge in [0.2, 0.25) is 5.95 Å². The van der Waals surface area contributed by atoms with E-state index in [0.29, 0.717) is 17.6 Å². The van der Waals surface area contributed by atoms with E-state index in [4.69, 9.17) is 19.4 Å². The van der Waals surface area contributed by atoms with Crippen molar-refractivity contribution in [3.05, 3.63) is 151 Å². The van der Waals surface area contributed by atoms with Gasteiger partial charge in [-0.25, -0.2) is 9.97 Å². The molecule has 6 aromatic carbocycles. The third-order valence-electron chi connectivity index (χ3n) is 10.0. The maximum atomic E-state index is 5.67. The van der Waals surface area contributed by atoms with Crippen molar-refractivity contribution in [2.75, 3.05) is 0 Å². The Hall–Kier alpha value is -6.40. The summed E-state index contributed by atoms with van der Waals surface area (Å²) in [6.45, 7) is 4.59. The minimum atomic E-state index is -0.173. The highest BCUT2D eigenvalue weighted by Crippen LogP contribution is 2.51. The zero-order valence-corrected chi connectivity index (χ0v) is 26.9. The standard InChI is InChI=1S/C43H29N5O/c1-43(2)34-22-29(17-19-30(34)32-23-36-39(24-35(32)43)49-25-44-36)28-18-20-38-33(21-28)31-15-9-10-16-37(31)48(38)42-46-40(26-11-5-3-6-12-26)45-41(47-42)27-13-7-4-8-14-27/h3-25H,1-2H3. The molecule has 6 heteroatoms. The summed E-state index contributed by atoms with van der Waals surface area (Å²) < 4.78 is 7.84. The molecule has 0 bridgehead atoms. The van der Waals surface area contributed by atoms with Crippen LogP contribution in [0.15, 0.2) is 144 Å². The zero-order valence-electron chi connectivity index (χ0n) is 26.9. The van der Waals surface area contributed by atoms with Crippen molar-refractivity contribution in [1.29, 1.82) is 0 Å². The Kier molecular flexibility index (Phi) is 5.82. The Labute approximate surface area is 282 Å². The molecule has 0 saturated carbocycles. The molecule has 0 N–H and O–H groups in total. The lowest BCUT2D eigenvalue weighted by atomic mass is 9.81. The number of fused-ring (bicyclic) bond motifs is 7. The number of nitrogens with zero attached hydrogens (tertiary/aromatic N) is 5. The number of oxazole rings is 1. The van der Waals surface area contributed by atoms with Gasteiger partial charge in [0.25, 0.3) is 0 Å². The molecule has 0 aliphatic heterocycles. The molecule has 9 aromatic rings. The van der Waals surface area contributed by atoms with Crippen LogP contribution in [-0.4, -0.2) is 24.5 Å². The van der Waals surface area contributed by atoms with Crippen molar-refractivity contribution in [2.24, 2.45) is 0 Å². The summed E-state index contributed by atoms with van der Waals surface area (Å²) in [5.74, 6) is 1.86. The summed E-state index contributed by atoms with van der Waals surface area (Å²) in [5, 5.41) is 2.29. The van der Waals surface area contributed by atoms with Crippen LogP contribution in [0.3, 0.4) is 0 Å². The maximum absolute atomic E-state index is 5.67. The van der Waals surface area contributed by atoms with E-state index in [1.807, 2.05) is 60.7 Å². The number of benzene rings is 6. The summed E-state index contributed by atoms with van der Waals surface area (Å²) in [6, 6.07) is 46.6. The highest BCUT2D eigenvalue weighted by molar-refractivity contribution is 6.10. The highest BCUT2D eigenvalue weighted by Gasteiger charge is 2.36. The molecule has 10 rings (SSSR count). The fourth-order valence-electron chi connectivity index (χ4n) is 7.53. The number of aromatic nitrogens is 5. The minimum absolute atomic E-state index is 0.173. The Morgan fingerprint density at radius 1 is 0.531 bits per heavy atom. The van der Waals surface area contributed by atoms with Gasteiger partial charge in [-0.2, -0.15) is 9.97 Å². The predicted octanol–water partition coefficient (Wildman–Crippen LogP) is 10.4. The molecule has 0 radical (unpaired) electrons. The van der Waals surface area contributed by atoms with Crippen LogP contribution in [-0.2, 0) is 5.41 Å². The monoisotopic (exact) mass is 631 g/mol. The average molecular weight is 632 g/mol. The van der Waals surface area contributed by atoms with Crippen LogP contribution >= 0.6 is 0 Å². The van der Waals surface area contributed by atoms with Crippen LogP contribution < -0.4 is 0 Å². The van der Waals surface area contributed by atoms with Crippen molar-refractivity contribution in [3.8, 4) is 51.0 Å². The fourth-order valence-corrected chi connectivity index (χ4v) is 7.53. The molecule has 0 fully saturated rings. The Morgan fingerprint density at radius 2 is 1.16 bits per heavy atom. The lowest BCUT2D eigenvalue weighted by Crippen LogP contribution is -2.15. The summed E-state index contributed by atoms with van der Waals surface area (Å²) in [7, 11) is 0. The first kappa shape index (κ1) is 27.7. The van der Waals surface area contributed by atoms with E-state index < -0.39 is 0 Å². The third-order valence-corrected chi connectivity index (χ3v) is 10.0. The molecule has 49 heavy (non-hydrogen) atoms. The molecule has 6 nitrogen and oxygen atoms in total. The van der Waals surface area contributed by atoms with Gasteiger partial charge < -0.3 is 4.42 Å². The second-order valence-electron chi connectivity index (χ2n) is 13.2.